The lowest BCUT2D eigenvalue weighted by Gasteiger charge is -2.09. The van der Waals surface area contributed by atoms with E-state index in [0.29, 0.717) is 5.56 Å². The van der Waals surface area contributed by atoms with E-state index < -0.39 is 5.97 Å². The van der Waals surface area contributed by atoms with Crippen molar-refractivity contribution in [2.75, 3.05) is 0 Å². The maximum absolute atomic E-state index is 10.5. The zero-order valence-corrected chi connectivity index (χ0v) is 8.82. The summed E-state index contributed by atoms with van der Waals surface area (Å²) in [7, 11) is 0. The van der Waals surface area contributed by atoms with Crippen LogP contribution in [0.3, 0.4) is 0 Å². The maximum Gasteiger partial charge on any atom is 0.307 e. The average Bonchev–Trinajstić information content (AvgIpc) is 2.16. The molecule has 15 heavy (non-hydrogen) atoms. The summed E-state index contributed by atoms with van der Waals surface area (Å²) < 4.78 is 0. The average molecular weight is 203 g/mol. The fourth-order valence-electron chi connectivity index (χ4n) is 1.48. The summed E-state index contributed by atoms with van der Waals surface area (Å²) in [6, 6.07) is 7.29. The lowest BCUT2D eigenvalue weighted by molar-refractivity contribution is -0.136. The standard InChI is InChI=1S/C12H13NO2/c1-8(2)11-5-9(6-12(14)15)3-4-10(11)7-13/h3-5,8H,6H2,1-2H3,(H,14,15). The molecule has 3 heteroatoms. The summed E-state index contributed by atoms with van der Waals surface area (Å²) in [6.45, 7) is 3.97. The highest BCUT2D eigenvalue weighted by atomic mass is 16.4. The Labute approximate surface area is 89.0 Å². The molecule has 1 N–H and O–H groups in total. The van der Waals surface area contributed by atoms with Gasteiger partial charge in [0.15, 0.2) is 0 Å². The van der Waals surface area contributed by atoms with Crippen molar-refractivity contribution in [3.63, 3.8) is 0 Å². The number of hydrogen-bond acceptors (Lipinski definition) is 2. The van der Waals surface area contributed by atoms with Crippen molar-refractivity contribution in [2.45, 2.75) is 26.2 Å². The number of nitrogens with zero attached hydrogens (tertiary/aromatic N) is 1. The van der Waals surface area contributed by atoms with Crippen LogP contribution in [-0.4, -0.2) is 11.1 Å². The van der Waals surface area contributed by atoms with Crippen LogP contribution in [-0.2, 0) is 11.2 Å². The molecule has 0 unspecified atom stereocenters. The molecular formula is C12H13NO2. The molecule has 0 aliphatic rings. The lowest BCUT2D eigenvalue weighted by Crippen LogP contribution is -2.02. The molecule has 0 amide bonds. The Bertz CT molecular complexity index is 416. The summed E-state index contributed by atoms with van der Waals surface area (Å²) in [6.07, 6.45) is 0.00539. The first-order valence-corrected chi connectivity index (χ1v) is 4.79. The van der Waals surface area contributed by atoms with Gasteiger partial charge in [-0.1, -0.05) is 26.0 Å². The first-order chi connectivity index (χ1) is 7.04. The van der Waals surface area contributed by atoms with Gasteiger partial charge in [0.1, 0.15) is 0 Å². The SMILES string of the molecule is CC(C)c1cc(CC(=O)O)ccc1C#N. The van der Waals surface area contributed by atoms with Crippen LogP contribution in [0.25, 0.3) is 0 Å². The Morgan fingerprint density at radius 2 is 2.20 bits per heavy atom. The summed E-state index contributed by atoms with van der Waals surface area (Å²) in [4.78, 5) is 10.5. The minimum absolute atomic E-state index is 0.00539. The van der Waals surface area contributed by atoms with Crippen molar-refractivity contribution >= 4 is 5.97 Å². The van der Waals surface area contributed by atoms with Gasteiger partial charge in [-0.25, -0.2) is 0 Å². The highest BCUT2D eigenvalue weighted by Crippen LogP contribution is 2.20. The molecule has 0 fully saturated rings. The van der Waals surface area contributed by atoms with Crippen molar-refractivity contribution in [3.8, 4) is 6.07 Å². The molecule has 0 saturated carbocycles. The molecule has 0 heterocycles. The summed E-state index contributed by atoms with van der Waals surface area (Å²) in [5, 5.41) is 17.5. The largest absolute Gasteiger partial charge is 0.481 e. The number of nitriles is 1. The van der Waals surface area contributed by atoms with Gasteiger partial charge in [0, 0.05) is 0 Å². The fraction of sp³-hybridized carbons (Fsp3) is 0.333. The van der Waals surface area contributed by atoms with Crippen molar-refractivity contribution in [1.82, 2.24) is 0 Å². The first kappa shape index (κ1) is 11.3. The summed E-state index contributed by atoms with van der Waals surface area (Å²) in [5.41, 5.74) is 2.28. The van der Waals surface area contributed by atoms with Crippen LogP contribution in [0.15, 0.2) is 18.2 Å². The van der Waals surface area contributed by atoms with Gasteiger partial charge in [0.05, 0.1) is 18.1 Å². The van der Waals surface area contributed by atoms with Gasteiger partial charge < -0.3 is 5.11 Å². The molecule has 0 aliphatic heterocycles. The number of aliphatic carboxylic acids is 1. The van der Waals surface area contributed by atoms with Crippen LogP contribution in [0, 0.1) is 11.3 Å². The highest BCUT2D eigenvalue weighted by molar-refractivity contribution is 5.70. The third-order valence-electron chi connectivity index (χ3n) is 2.21. The van der Waals surface area contributed by atoms with E-state index >= 15 is 0 Å². The molecule has 0 atom stereocenters. The van der Waals surface area contributed by atoms with E-state index in [2.05, 4.69) is 6.07 Å². The molecule has 0 aromatic heterocycles. The molecule has 0 bridgehead atoms. The zero-order valence-electron chi connectivity index (χ0n) is 8.82. The first-order valence-electron chi connectivity index (χ1n) is 4.79. The third kappa shape index (κ3) is 2.81. The predicted molar refractivity (Wildman–Crippen MR) is 56.6 cm³/mol. The molecule has 3 nitrogen and oxygen atoms in total. The number of carboxylic acids is 1. The second-order valence-corrected chi connectivity index (χ2v) is 3.76. The van der Waals surface area contributed by atoms with E-state index in [0.717, 1.165) is 11.1 Å². The minimum atomic E-state index is -0.852. The maximum atomic E-state index is 10.5. The normalized spacial score (nSPS) is 10.0. The van der Waals surface area contributed by atoms with E-state index in [9.17, 15) is 4.79 Å². The minimum Gasteiger partial charge on any atom is -0.481 e. The number of carbonyl (C=O) groups is 1. The van der Waals surface area contributed by atoms with Gasteiger partial charge in [-0.15, -0.1) is 0 Å². The van der Waals surface area contributed by atoms with E-state index in [-0.39, 0.29) is 12.3 Å². The molecule has 78 valence electrons. The van der Waals surface area contributed by atoms with Gasteiger partial charge in [-0.2, -0.15) is 5.26 Å². The second kappa shape index (κ2) is 4.61. The topological polar surface area (TPSA) is 61.1 Å². The quantitative estimate of drug-likeness (QED) is 0.819. The number of rotatable bonds is 3. The van der Waals surface area contributed by atoms with Crippen LogP contribution in [0.5, 0.6) is 0 Å². The Kier molecular flexibility index (Phi) is 3.46. The molecule has 1 rings (SSSR count). The monoisotopic (exact) mass is 203 g/mol. The third-order valence-corrected chi connectivity index (χ3v) is 2.21. The number of benzene rings is 1. The van der Waals surface area contributed by atoms with Crippen LogP contribution in [0.1, 0.15) is 36.5 Å². The van der Waals surface area contributed by atoms with Crippen molar-refractivity contribution < 1.29 is 9.90 Å². The summed E-state index contributed by atoms with van der Waals surface area (Å²) >= 11 is 0. The van der Waals surface area contributed by atoms with Gasteiger partial charge in [-0.3, -0.25) is 4.79 Å². The van der Waals surface area contributed by atoms with Gasteiger partial charge >= 0.3 is 5.97 Å². The zero-order chi connectivity index (χ0) is 11.4. The molecule has 1 aromatic rings. The van der Waals surface area contributed by atoms with Gasteiger partial charge in [-0.05, 0) is 23.1 Å². The lowest BCUT2D eigenvalue weighted by atomic mass is 9.95. The Morgan fingerprint density at radius 1 is 1.53 bits per heavy atom. The molecule has 1 aromatic carbocycles. The Hall–Kier alpha value is -1.82. The van der Waals surface area contributed by atoms with Crippen LogP contribution < -0.4 is 0 Å². The van der Waals surface area contributed by atoms with E-state index in [1.165, 1.54) is 0 Å². The van der Waals surface area contributed by atoms with Crippen LogP contribution in [0.2, 0.25) is 0 Å². The molecule has 0 radical (unpaired) electrons. The summed E-state index contributed by atoms with van der Waals surface area (Å²) in [5.74, 6) is -0.622. The van der Waals surface area contributed by atoms with Crippen molar-refractivity contribution in [3.05, 3.63) is 34.9 Å². The molecule has 0 spiro atoms. The molecule has 0 saturated heterocycles. The number of carboxylic acid groups (broad SMARTS) is 1. The highest BCUT2D eigenvalue weighted by Gasteiger charge is 2.08. The van der Waals surface area contributed by atoms with E-state index in [4.69, 9.17) is 10.4 Å². The van der Waals surface area contributed by atoms with Crippen molar-refractivity contribution in [1.29, 1.82) is 5.26 Å². The van der Waals surface area contributed by atoms with Gasteiger partial charge in [0.2, 0.25) is 0 Å². The Morgan fingerprint density at radius 3 is 2.67 bits per heavy atom. The fourth-order valence-corrected chi connectivity index (χ4v) is 1.48. The molecule has 0 aliphatic carbocycles. The molecular weight excluding hydrogens is 190 g/mol. The van der Waals surface area contributed by atoms with E-state index in [1.54, 1.807) is 18.2 Å². The van der Waals surface area contributed by atoms with Crippen LogP contribution in [0.4, 0.5) is 0 Å². The predicted octanol–water partition coefficient (Wildman–Crippen LogP) is 2.31. The second-order valence-electron chi connectivity index (χ2n) is 3.76. The van der Waals surface area contributed by atoms with Gasteiger partial charge in [0.25, 0.3) is 0 Å². The van der Waals surface area contributed by atoms with Crippen molar-refractivity contribution in [2.24, 2.45) is 0 Å². The Balaban J connectivity index is 3.11. The van der Waals surface area contributed by atoms with Crippen LogP contribution >= 0.6 is 0 Å². The number of hydrogen-bond donors (Lipinski definition) is 1. The van der Waals surface area contributed by atoms with E-state index in [1.807, 2.05) is 13.8 Å². The smallest absolute Gasteiger partial charge is 0.307 e.